The van der Waals surface area contributed by atoms with Crippen LogP contribution in [0.2, 0.25) is 0 Å². The summed E-state index contributed by atoms with van der Waals surface area (Å²) < 4.78 is 10.7. The summed E-state index contributed by atoms with van der Waals surface area (Å²) in [6.45, 7) is 2.18. The number of amides is 1. The first-order chi connectivity index (χ1) is 13.0. The van der Waals surface area contributed by atoms with Gasteiger partial charge in [-0.15, -0.1) is 0 Å². The average Bonchev–Trinajstić information content (AvgIpc) is 2.69. The summed E-state index contributed by atoms with van der Waals surface area (Å²) >= 11 is 0. The van der Waals surface area contributed by atoms with E-state index in [4.69, 9.17) is 9.47 Å². The molecule has 6 nitrogen and oxygen atoms in total. The van der Waals surface area contributed by atoms with Crippen molar-refractivity contribution < 1.29 is 14.3 Å². The van der Waals surface area contributed by atoms with Crippen LogP contribution in [0.3, 0.4) is 0 Å². The van der Waals surface area contributed by atoms with Crippen LogP contribution >= 0.6 is 0 Å². The standard InChI is InChI=1S/C21H20N2O4/c1-14-6-8-16(9-7-14)23-21(25)18-11-19(24)20(12-22-18)27-13-15-4-3-5-17(10-15)26-2/h3-12H,13H2,1-2H3,(H,22,24)(H,23,25). The number of aryl methyl sites for hydroxylation is 1. The van der Waals surface area contributed by atoms with Crippen molar-refractivity contribution in [2.24, 2.45) is 0 Å². The Morgan fingerprint density at radius 2 is 1.89 bits per heavy atom. The van der Waals surface area contributed by atoms with E-state index in [-0.39, 0.29) is 23.5 Å². The Hall–Kier alpha value is -3.54. The van der Waals surface area contributed by atoms with Gasteiger partial charge in [-0.2, -0.15) is 0 Å². The lowest BCUT2D eigenvalue weighted by Gasteiger charge is -2.09. The van der Waals surface area contributed by atoms with E-state index >= 15 is 0 Å². The summed E-state index contributed by atoms with van der Waals surface area (Å²) in [5.41, 5.74) is 2.42. The molecule has 1 amide bonds. The van der Waals surface area contributed by atoms with Gasteiger partial charge in [-0.05, 0) is 36.8 Å². The third-order valence-electron chi connectivity index (χ3n) is 3.96. The van der Waals surface area contributed by atoms with Gasteiger partial charge in [0.2, 0.25) is 5.43 Å². The number of carbonyl (C=O) groups is 1. The highest BCUT2D eigenvalue weighted by atomic mass is 16.5. The third kappa shape index (κ3) is 4.76. The Morgan fingerprint density at radius 1 is 1.11 bits per heavy atom. The fourth-order valence-corrected chi connectivity index (χ4v) is 2.46. The molecule has 3 aromatic rings. The number of pyridine rings is 1. The zero-order valence-electron chi connectivity index (χ0n) is 15.1. The molecule has 0 atom stereocenters. The maximum absolute atomic E-state index is 12.3. The molecule has 1 aromatic heterocycles. The molecule has 0 bridgehead atoms. The molecule has 3 rings (SSSR count). The number of hydrogen-bond acceptors (Lipinski definition) is 4. The number of carbonyl (C=O) groups excluding carboxylic acids is 1. The van der Waals surface area contributed by atoms with Crippen molar-refractivity contribution in [3.63, 3.8) is 0 Å². The van der Waals surface area contributed by atoms with Crippen LogP contribution in [0.5, 0.6) is 11.5 Å². The van der Waals surface area contributed by atoms with Gasteiger partial charge in [-0.3, -0.25) is 9.59 Å². The highest BCUT2D eigenvalue weighted by molar-refractivity contribution is 6.02. The highest BCUT2D eigenvalue weighted by Gasteiger charge is 2.10. The van der Waals surface area contributed by atoms with Crippen molar-refractivity contribution in [1.82, 2.24) is 4.98 Å². The average molecular weight is 364 g/mol. The van der Waals surface area contributed by atoms with Gasteiger partial charge in [0, 0.05) is 18.0 Å². The van der Waals surface area contributed by atoms with Crippen LogP contribution < -0.4 is 20.2 Å². The van der Waals surface area contributed by atoms with Crippen LogP contribution in [0, 0.1) is 6.92 Å². The van der Waals surface area contributed by atoms with E-state index in [0.717, 1.165) is 11.1 Å². The van der Waals surface area contributed by atoms with E-state index in [1.165, 1.54) is 12.3 Å². The van der Waals surface area contributed by atoms with Crippen LogP contribution in [0.15, 0.2) is 65.6 Å². The number of methoxy groups -OCH3 is 1. The van der Waals surface area contributed by atoms with Gasteiger partial charge in [0.1, 0.15) is 18.1 Å². The number of aromatic amines is 1. The first-order valence-corrected chi connectivity index (χ1v) is 8.41. The summed E-state index contributed by atoms with van der Waals surface area (Å²) in [5, 5.41) is 2.74. The predicted molar refractivity (Wildman–Crippen MR) is 104 cm³/mol. The molecule has 0 aliphatic carbocycles. The highest BCUT2D eigenvalue weighted by Crippen LogP contribution is 2.15. The number of aromatic nitrogens is 1. The number of anilines is 1. The minimum Gasteiger partial charge on any atom is -0.497 e. The topological polar surface area (TPSA) is 80.4 Å². The van der Waals surface area contributed by atoms with E-state index in [2.05, 4.69) is 10.3 Å². The maximum atomic E-state index is 12.3. The smallest absolute Gasteiger partial charge is 0.272 e. The Morgan fingerprint density at radius 3 is 2.59 bits per heavy atom. The molecule has 27 heavy (non-hydrogen) atoms. The summed E-state index contributed by atoms with van der Waals surface area (Å²) in [6, 6.07) is 16.0. The van der Waals surface area contributed by atoms with Gasteiger partial charge in [0.15, 0.2) is 5.75 Å². The molecule has 0 aliphatic rings. The minimum atomic E-state index is -0.393. The molecule has 138 valence electrons. The fourth-order valence-electron chi connectivity index (χ4n) is 2.46. The Balaban J connectivity index is 1.66. The maximum Gasteiger partial charge on any atom is 0.272 e. The molecule has 1 heterocycles. The van der Waals surface area contributed by atoms with Gasteiger partial charge in [0.25, 0.3) is 5.91 Å². The fraction of sp³-hybridized carbons (Fsp3) is 0.143. The number of rotatable bonds is 6. The van der Waals surface area contributed by atoms with E-state index < -0.39 is 5.91 Å². The van der Waals surface area contributed by atoms with Crippen molar-refractivity contribution in [3.05, 3.63) is 87.8 Å². The number of H-pyrrole nitrogens is 1. The first kappa shape index (κ1) is 18.3. The molecule has 0 saturated carbocycles. The number of ether oxygens (including phenoxy) is 2. The van der Waals surface area contributed by atoms with E-state index in [9.17, 15) is 9.59 Å². The van der Waals surface area contributed by atoms with Crippen LogP contribution in [0.25, 0.3) is 0 Å². The van der Waals surface area contributed by atoms with Crippen LogP contribution in [-0.4, -0.2) is 18.0 Å². The van der Waals surface area contributed by atoms with Crippen molar-refractivity contribution in [2.75, 3.05) is 12.4 Å². The van der Waals surface area contributed by atoms with Gasteiger partial charge in [-0.25, -0.2) is 0 Å². The summed E-state index contributed by atoms with van der Waals surface area (Å²) in [6.07, 6.45) is 1.40. The molecule has 0 spiro atoms. The molecule has 0 fully saturated rings. The van der Waals surface area contributed by atoms with Crippen molar-refractivity contribution in [2.45, 2.75) is 13.5 Å². The van der Waals surface area contributed by atoms with Crippen LogP contribution in [0.4, 0.5) is 5.69 Å². The Bertz CT molecular complexity index is 994. The van der Waals surface area contributed by atoms with Gasteiger partial charge >= 0.3 is 0 Å². The SMILES string of the molecule is COc1cccc(COc2c[nH]c(C(=O)Nc3ccc(C)cc3)cc2=O)c1. The van der Waals surface area contributed by atoms with Crippen molar-refractivity contribution in [3.8, 4) is 11.5 Å². The molecule has 0 aliphatic heterocycles. The van der Waals surface area contributed by atoms with E-state index in [1.807, 2.05) is 43.3 Å². The molecular formula is C21H20N2O4. The molecule has 0 saturated heterocycles. The van der Waals surface area contributed by atoms with E-state index in [1.54, 1.807) is 19.2 Å². The lowest BCUT2D eigenvalue weighted by atomic mass is 10.2. The molecule has 2 N–H and O–H groups in total. The monoisotopic (exact) mass is 364 g/mol. The molecule has 2 aromatic carbocycles. The zero-order valence-corrected chi connectivity index (χ0v) is 15.1. The largest absolute Gasteiger partial charge is 0.497 e. The van der Waals surface area contributed by atoms with Crippen molar-refractivity contribution >= 4 is 11.6 Å². The molecular weight excluding hydrogens is 344 g/mol. The van der Waals surface area contributed by atoms with Crippen molar-refractivity contribution in [1.29, 1.82) is 0 Å². The lowest BCUT2D eigenvalue weighted by Crippen LogP contribution is -2.17. The van der Waals surface area contributed by atoms with Crippen LogP contribution in [-0.2, 0) is 6.61 Å². The Kier molecular flexibility index (Phi) is 5.56. The van der Waals surface area contributed by atoms with Gasteiger partial charge in [0.05, 0.1) is 7.11 Å². The normalized spacial score (nSPS) is 10.3. The predicted octanol–water partition coefficient (Wildman–Crippen LogP) is 3.52. The zero-order chi connectivity index (χ0) is 19.2. The van der Waals surface area contributed by atoms with Gasteiger partial charge in [-0.1, -0.05) is 29.8 Å². The second-order valence-electron chi connectivity index (χ2n) is 6.04. The lowest BCUT2D eigenvalue weighted by molar-refractivity contribution is 0.102. The molecule has 6 heteroatoms. The summed E-state index contributed by atoms with van der Waals surface area (Å²) in [4.78, 5) is 27.3. The van der Waals surface area contributed by atoms with Gasteiger partial charge < -0.3 is 19.8 Å². The minimum absolute atomic E-state index is 0.143. The Labute approximate surface area is 156 Å². The second kappa shape index (κ2) is 8.23. The first-order valence-electron chi connectivity index (χ1n) is 8.41. The summed E-state index contributed by atoms with van der Waals surface area (Å²) in [5.74, 6) is 0.466. The van der Waals surface area contributed by atoms with E-state index in [0.29, 0.717) is 11.4 Å². The van der Waals surface area contributed by atoms with Crippen LogP contribution in [0.1, 0.15) is 21.6 Å². The summed E-state index contributed by atoms with van der Waals surface area (Å²) in [7, 11) is 1.59. The third-order valence-corrected chi connectivity index (χ3v) is 3.96. The second-order valence-corrected chi connectivity index (χ2v) is 6.04. The molecule has 0 radical (unpaired) electrons. The molecule has 0 unspecified atom stereocenters. The number of nitrogens with one attached hydrogen (secondary N) is 2. The number of hydrogen-bond donors (Lipinski definition) is 2. The quantitative estimate of drug-likeness (QED) is 0.701. The number of benzene rings is 2.